The van der Waals surface area contributed by atoms with E-state index in [1.54, 1.807) is 0 Å². The van der Waals surface area contributed by atoms with Crippen molar-refractivity contribution in [3.05, 3.63) is 154 Å². The van der Waals surface area contributed by atoms with Crippen molar-refractivity contribution in [3.63, 3.8) is 0 Å². The fraction of sp³-hybridized carbons (Fsp3) is 0.0857. The Kier molecular flexibility index (Phi) is 6.29. The van der Waals surface area contributed by atoms with Crippen LogP contribution in [0.2, 0.25) is 0 Å². The number of fused-ring (bicyclic) bond motifs is 3. The van der Waals surface area contributed by atoms with Gasteiger partial charge in [-0.25, -0.2) is 9.59 Å². The summed E-state index contributed by atoms with van der Waals surface area (Å²) < 4.78 is 10.6. The molecule has 4 heteroatoms. The summed E-state index contributed by atoms with van der Waals surface area (Å²) in [7, 11) is 2.68. The summed E-state index contributed by atoms with van der Waals surface area (Å²) in [5, 5.41) is 1.53. The van der Waals surface area contributed by atoms with Crippen molar-refractivity contribution in [3.8, 4) is 0 Å². The summed E-state index contributed by atoms with van der Waals surface area (Å²) in [4.78, 5) is 27.0. The molecular weight excluding hydrogens is 484 g/mol. The first-order chi connectivity index (χ1) is 19.2. The number of carbonyl (C=O) groups is 2. The standard InChI is InChI=1S/C35H26O4/c1-38-34(36)31-26-21-13-12-20-25(26)30-28(23-16-8-4-9-17-23)27(22-14-6-3-7-15-22)29(24-18-10-5-11-19-24)32(30)33(31)35(37)39-2/h3-21,29H,1-2H3. The van der Waals surface area contributed by atoms with Crippen LogP contribution in [0.15, 0.2) is 115 Å². The maximum atomic E-state index is 13.7. The van der Waals surface area contributed by atoms with Gasteiger partial charge in [-0.1, -0.05) is 115 Å². The fourth-order valence-corrected chi connectivity index (χ4v) is 5.88. The lowest BCUT2D eigenvalue weighted by atomic mass is 9.80. The Morgan fingerprint density at radius 2 is 1.05 bits per heavy atom. The van der Waals surface area contributed by atoms with Gasteiger partial charge in [-0.05, 0) is 49.7 Å². The molecule has 1 aliphatic carbocycles. The number of hydrogen-bond acceptors (Lipinski definition) is 4. The molecule has 0 N–H and O–H groups in total. The second-order valence-electron chi connectivity index (χ2n) is 9.43. The van der Waals surface area contributed by atoms with Crippen LogP contribution in [0.1, 0.15) is 54.5 Å². The zero-order chi connectivity index (χ0) is 26.9. The number of ether oxygens (including phenoxy) is 2. The predicted octanol–water partition coefficient (Wildman–Crippen LogP) is 7.52. The van der Waals surface area contributed by atoms with E-state index in [1.165, 1.54) is 14.2 Å². The van der Waals surface area contributed by atoms with Gasteiger partial charge in [-0.15, -0.1) is 0 Å². The van der Waals surface area contributed by atoms with Crippen molar-refractivity contribution < 1.29 is 19.1 Å². The molecule has 1 atom stereocenters. The van der Waals surface area contributed by atoms with Crippen molar-refractivity contribution in [2.24, 2.45) is 0 Å². The topological polar surface area (TPSA) is 52.6 Å². The Morgan fingerprint density at radius 1 is 0.564 bits per heavy atom. The number of hydrogen-bond donors (Lipinski definition) is 0. The molecule has 1 aliphatic rings. The minimum atomic E-state index is -0.573. The summed E-state index contributed by atoms with van der Waals surface area (Å²) in [5.74, 6) is -1.48. The Morgan fingerprint density at radius 3 is 1.64 bits per heavy atom. The van der Waals surface area contributed by atoms with Gasteiger partial charge in [0.1, 0.15) is 0 Å². The van der Waals surface area contributed by atoms with Crippen LogP contribution >= 0.6 is 0 Å². The second-order valence-corrected chi connectivity index (χ2v) is 9.43. The van der Waals surface area contributed by atoms with E-state index in [0.717, 1.165) is 44.3 Å². The molecule has 4 nitrogen and oxygen atoms in total. The SMILES string of the molecule is COC(=O)c1c2c(c3ccccc3c1C(=O)OC)C(c1ccccc1)=C(c1ccccc1)C2c1ccccc1. The van der Waals surface area contributed by atoms with Crippen molar-refractivity contribution >= 4 is 33.9 Å². The normalized spacial score (nSPS) is 14.3. The average Bonchev–Trinajstić information content (AvgIpc) is 3.37. The van der Waals surface area contributed by atoms with Crippen LogP contribution in [0.5, 0.6) is 0 Å². The van der Waals surface area contributed by atoms with Gasteiger partial charge in [0.05, 0.1) is 25.3 Å². The first kappa shape index (κ1) is 24.4. The molecular formula is C35H26O4. The largest absolute Gasteiger partial charge is 0.465 e. The molecule has 0 bridgehead atoms. The summed E-state index contributed by atoms with van der Waals surface area (Å²) in [6.07, 6.45) is 0. The molecule has 190 valence electrons. The van der Waals surface area contributed by atoms with Gasteiger partial charge in [-0.2, -0.15) is 0 Å². The first-order valence-electron chi connectivity index (χ1n) is 12.8. The van der Waals surface area contributed by atoms with Crippen LogP contribution in [0.4, 0.5) is 0 Å². The highest BCUT2D eigenvalue weighted by molar-refractivity contribution is 6.22. The molecule has 0 radical (unpaired) electrons. The van der Waals surface area contributed by atoms with E-state index in [-0.39, 0.29) is 17.0 Å². The molecule has 1 unspecified atom stereocenters. The van der Waals surface area contributed by atoms with Crippen LogP contribution in [-0.4, -0.2) is 26.2 Å². The molecule has 0 aromatic heterocycles. The van der Waals surface area contributed by atoms with E-state index in [9.17, 15) is 9.59 Å². The zero-order valence-electron chi connectivity index (χ0n) is 21.7. The van der Waals surface area contributed by atoms with E-state index in [1.807, 2.05) is 78.9 Å². The third-order valence-corrected chi connectivity index (χ3v) is 7.41. The highest BCUT2D eigenvalue weighted by Crippen LogP contribution is 2.56. The van der Waals surface area contributed by atoms with Crippen LogP contribution in [0.25, 0.3) is 21.9 Å². The summed E-state index contributed by atoms with van der Waals surface area (Å²) >= 11 is 0. The average molecular weight is 511 g/mol. The number of esters is 2. The third-order valence-electron chi connectivity index (χ3n) is 7.41. The number of allylic oxidation sites excluding steroid dienone is 1. The van der Waals surface area contributed by atoms with Crippen LogP contribution in [0, 0.1) is 0 Å². The number of carbonyl (C=O) groups excluding carboxylic acids is 2. The van der Waals surface area contributed by atoms with Crippen LogP contribution < -0.4 is 0 Å². The van der Waals surface area contributed by atoms with Gasteiger partial charge >= 0.3 is 11.9 Å². The summed E-state index contributed by atoms with van der Waals surface area (Å²) in [5.41, 5.74) is 7.34. The maximum absolute atomic E-state index is 13.7. The molecule has 0 saturated heterocycles. The van der Waals surface area contributed by atoms with Crippen molar-refractivity contribution in [1.29, 1.82) is 0 Å². The number of benzene rings is 5. The summed E-state index contributed by atoms with van der Waals surface area (Å²) in [6.45, 7) is 0. The monoisotopic (exact) mass is 510 g/mol. The molecule has 5 aromatic carbocycles. The van der Waals surface area contributed by atoms with E-state index in [0.29, 0.717) is 5.39 Å². The zero-order valence-corrected chi connectivity index (χ0v) is 21.7. The van der Waals surface area contributed by atoms with E-state index < -0.39 is 11.9 Å². The number of methoxy groups -OCH3 is 2. The van der Waals surface area contributed by atoms with Gasteiger partial charge in [-0.3, -0.25) is 0 Å². The fourth-order valence-electron chi connectivity index (χ4n) is 5.88. The van der Waals surface area contributed by atoms with E-state index in [4.69, 9.17) is 9.47 Å². The lowest BCUT2D eigenvalue weighted by molar-refractivity contribution is 0.0556. The molecule has 0 amide bonds. The van der Waals surface area contributed by atoms with Gasteiger partial charge < -0.3 is 9.47 Å². The molecule has 6 rings (SSSR count). The molecule has 0 saturated carbocycles. The quantitative estimate of drug-likeness (QED) is 0.230. The predicted molar refractivity (Wildman–Crippen MR) is 154 cm³/mol. The highest BCUT2D eigenvalue weighted by Gasteiger charge is 2.41. The number of rotatable bonds is 5. The molecule has 0 spiro atoms. The first-order valence-corrected chi connectivity index (χ1v) is 12.8. The minimum absolute atomic E-state index is 0.223. The Bertz CT molecular complexity index is 1740. The van der Waals surface area contributed by atoms with Gasteiger partial charge in [0, 0.05) is 5.92 Å². The second kappa shape index (κ2) is 10.1. The lowest BCUT2D eigenvalue weighted by Gasteiger charge is -2.22. The van der Waals surface area contributed by atoms with Gasteiger partial charge in [0.25, 0.3) is 0 Å². The Hall–Kier alpha value is -4.96. The molecule has 0 fully saturated rings. The van der Waals surface area contributed by atoms with Crippen LogP contribution in [0.3, 0.4) is 0 Å². The summed E-state index contributed by atoms with van der Waals surface area (Å²) in [6, 6.07) is 38.3. The maximum Gasteiger partial charge on any atom is 0.339 e. The Labute approximate surface area is 227 Å². The minimum Gasteiger partial charge on any atom is -0.465 e. The Balaban J connectivity index is 1.88. The van der Waals surface area contributed by atoms with Crippen molar-refractivity contribution in [1.82, 2.24) is 0 Å². The van der Waals surface area contributed by atoms with E-state index in [2.05, 4.69) is 36.4 Å². The molecule has 0 heterocycles. The lowest BCUT2D eigenvalue weighted by Crippen LogP contribution is -2.18. The van der Waals surface area contributed by atoms with Crippen LogP contribution in [-0.2, 0) is 9.47 Å². The highest BCUT2D eigenvalue weighted by atomic mass is 16.5. The van der Waals surface area contributed by atoms with E-state index >= 15 is 0 Å². The van der Waals surface area contributed by atoms with Gasteiger partial charge in [0.2, 0.25) is 0 Å². The smallest absolute Gasteiger partial charge is 0.339 e. The third kappa shape index (κ3) is 3.93. The molecule has 39 heavy (non-hydrogen) atoms. The molecule has 0 aliphatic heterocycles. The van der Waals surface area contributed by atoms with Crippen molar-refractivity contribution in [2.75, 3.05) is 14.2 Å². The van der Waals surface area contributed by atoms with Gasteiger partial charge in [0.15, 0.2) is 0 Å². The molecule has 5 aromatic rings. The van der Waals surface area contributed by atoms with Crippen molar-refractivity contribution in [2.45, 2.75) is 5.92 Å².